The van der Waals surface area contributed by atoms with Crippen LogP contribution >= 0.6 is 0 Å². The van der Waals surface area contributed by atoms with Gasteiger partial charge in [-0.1, -0.05) is 42.5 Å². The van der Waals surface area contributed by atoms with E-state index in [2.05, 4.69) is 56.3 Å². The van der Waals surface area contributed by atoms with Crippen LogP contribution in [0.5, 0.6) is 0 Å². The van der Waals surface area contributed by atoms with Crippen molar-refractivity contribution in [2.45, 2.75) is 26.7 Å². The van der Waals surface area contributed by atoms with Crippen molar-refractivity contribution in [3.63, 3.8) is 0 Å². The van der Waals surface area contributed by atoms with Gasteiger partial charge in [-0.25, -0.2) is 0 Å². The Morgan fingerprint density at radius 2 is 2.00 bits per heavy atom. The van der Waals surface area contributed by atoms with Crippen molar-refractivity contribution in [2.75, 3.05) is 0 Å². The molecule has 0 aromatic heterocycles. The summed E-state index contributed by atoms with van der Waals surface area (Å²) in [6.07, 6.45) is 9.52. The maximum absolute atomic E-state index is 2.32. The molecule has 1 fully saturated rings. The van der Waals surface area contributed by atoms with E-state index in [-0.39, 0.29) is 0 Å². The number of benzene rings is 1. The van der Waals surface area contributed by atoms with Gasteiger partial charge in [0.25, 0.3) is 0 Å². The number of aryl methyl sites for hydroxylation is 1. The zero-order chi connectivity index (χ0) is 10.7. The molecular weight excluding hydrogens is 180 g/mol. The van der Waals surface area contributed by atoms with Crippen molar-refractivity contribution in [2.24, 2.45) is 5.92 Å². The van der Waals surface area contributed by atoms with E-state index in [1.807, 2.05) is 0 Å². The molecule has 0 heteroatoms. The van der Waals surface area contributed by atoms with Gasteiger partial charge >= 0.3 is 0 Å². The fraction of sp³-hybridized carbons (Fsp3) is 0.333. The molecular formula is C15H18. The molecule has 1 aromatic carbocycles. The van der Waals surface area contributed by atoms with E-state index in [4.69, 9.17) is 0 Å². The van der Waals surface area contributed by atoms with Crippen molar-refractivity contribution in [3.05, 3.63) is 53.6 Å². The Morgan fingerprint density at radius 1 is 1.27 bits per heavy atom. The number of hydrogen-bond donors (Lipinski definition) is 0. The highest BCUT2D eigenvalue weighted by atomic mass is 14.2. The molecule has 0 atom stereocenters. The van der Waals surface area contributed by atoms with Gasteiger partial charge in [0, 0.05) is 0 Å². The van der Waals surface area contributed by atoms with Crippen molar-refractivity contribution in [1.82, 2.24) is 0 Å². The number of hydrogen-bond acceptors (Lipinski definition) is 0. The zero-order valence-electron chi connectivity index (χ0n) is 9.53. The smallest absolute Gasteiger partial charge is 0.0198 e. The molecule has 0 aliphatic heterocycles. The predicted molar refractivity (Wildman–Crippen MR) is 66.7 cm³/mol. The van der Waals surface area contributed by atoms with E-state index in [0.29, 0.717) is 0 Å². The lowest BCUT2D eigenvalue weighted by Gasteiger charge is -2.04. The van der Waals surface area contributed by atoms with Crippen LogP contribution in [0.4, 0.5) is 0 Å². The quantitative estimate of drug-likeness (QED) is 0.633. The molecule has 0 unspecified atom stereocenters. The lowest BCUT2D eigenvalue weighted by atomic mass is 10.0. The van der Waals surface area contributed by atoms with Crippen molar-refractivity contribution in [3.8, 4) is 0 Å². The lowest BCUT2D eigenvalue weighted by Crippen LogP contribution is -1.83. The molecule has 0 bridgehead atoms. The minimum absolute atomic E-state index is 0.867. The van der Waals surface area contributed by atoms with Crippen LogP contribution in [0.15, 0.2) is 42.5 Å². The fourth-order valence-corrected chi connectivity index (χ4v) is 1.75. The van der Waals surface area contributed by atoms with E-state index in [1.165, 1.54) is 29.5 Å². The van der Waals surface area contributed by atoms with Crippen molar-refractivity contribution < 1.29 is 0 Å². The van der Waals surface area contributed by atoms with Gasteiger partial charge in [-0.15, -0.1) is 0 Å². The van der Waals surface area contributed by atoms with Crippen LogP contribution in [0.3, 0.4) is 0 Å². The Bertz CT molecular complexity index is 392. The van der Waals surface area contributed by atoms with Crippen LogP contribution in [0.1, 0.15) is 30.9 Å². The molecule has 0 amide bonds. The van der Waals surface area contributed by atoms with E-state index < -0.39 is 0 Å². The SMILES string of the molecule is C/C(=C\C=C/C1CC1)c1ccccc1C. The lowest BCUT2D eigenvalue weighted by molar-refractivity contribution is 1.12. The van der Waals surface area contributed by atoms with Crippen molar-refractivity contribution >= 4 is 5.57 Å². The Balaban J connectivity index is 2.12. The zero-order valence-corrected chi connectivity index (χ0v) is 9.53. The molecule has 1 aliphatic carbocycles. The summed E-state index contributed by atoms with van der Waals surface area (Å²) in [5.41, 5.74) is 4.06. The topological polar surface area (TPSA) is 0 Å². The molecule has 0 saturated heterocycles. The molecule has 0 radical (unpaired) electrons. The van der Waals surface area contributed by atoms with Gasteiger partial charge in [-0.3, -0.25) is 0 Å². The number of rotatable bonds is 3. The van der Waals surface area contributed by atoms with Crippen LogP contribution in [-0.2, 0) is 0 Å². The predicted octanol–water partition coefficient (Wildman–Crippen LogP) is 4.36. The molecule has 1 aromatic rings. The molecule has 0 heterocycles. The normalized spacial score (nSPS) is 17.3. The second-order valence-electron chi connectivity index (χ2n) is 4.39. The molecule has 78 valence electrons. The summed E-state index contributed by atoms with van der Waals surface area (Å²) in [6.45, 7) is 4.34. The van der Waals surface area contributed by atoms with Gasteiger partial charge in [0.05, 0.1) is 0 Å². The molecule has 0 N–H and O–H groups in total. The van der Waals surface area contributed by atoms with Crippen molar-refractivity contribution in [1.29, 1.82) is 0 Å². The van der Waals surface area contributed by atoms with Crippen LogP contribution < -0.4 is 0 Å². The Morgan fingerprint density at radius 3 is 2.67 bits per heavy atom. The minimum Gasteiger partial charge on any atom is -0.0814 e. The first-order chi connectivity index (χ1) is 7.27. The molecule has 1 saturated carbocycles. The van der Waals surface area contributed by atoms with Crippen LogP contribution in [0.2, 0.25) is 0 Å². The first-order valence-electron chi connectivity index (χ1n) is 5.68. The molecule has 1 aliphatic rings. The summed E-state index contributed by atoms with van der Waals surface area (Å²) in [5.74, 6) is 0.867. The summed E-state index contributed by atoms with van der Waals surface area (Å²) >= 11 is 0. The van der Waals surface area contributed by atoms with E-state index in [1.54, 1.807) is 0 Å². The van der Waals surface area contributed by atoms with Gasteiger partial charge in [-0.05, 0) is 49.3 Å². The summed E-state index contributed by atoms with van der Waals surface area (Å²) < 4.78 is 0. The highest BCUT2D eigenvalue weighted by Gasteiger charge is 2.16. The average Bonchev–Trinajstić information content (AvgIpc) is 3.02. The van der Waals surface area contributed by atoms with Gasteiger partial charge in [0.15, 0.2) is 0 Å². The second kappa shape index (κ2) is 4.48. The average molecular weight is 198 g/mol. The highest BCUT2D eigenvalue weighted by Crippen LogP contribution is 2.30. The third kappa shape index (κ3) is 2.82. The highest BCUT2D eigenvalue weighted by molar-refractivity contribution is 5.67. The van der Waals surface area contributed by atoms with Crippen LogP contribution in [-0.4, -0.2) is 0 Å². The first kappa shape index (κ1) is 10.2. The Labute approximate surface area is 92.3 Å². The fourth-order valence-electron chi connectivity index (χ4n) is 1.75. The van der Waals surface area contributed by atoms with Gasteiger partial charge in [0.2, 0.25) is 0 Å². The van der Waals surface area contributed by atoms with Crippen LogP contribution in [0.25, 0.3) is 5.57 Å². The molecule has 0 nitrogen and oxygen atoms in total. The summed E-state index contributed by atoms with van der Waals surface area (Å²) in [6, 6.07) is 8.54. The van der Waals surface area contributed by atoms with E-state index in [0.717, 1.165) is 5.92 Å². The third-order valence-electron chi connectivity index (χ3n) is 2.92. The maximum atomic E-state index is 2.32. The number of allylic oxidation sites excluding steroid dienone is 4. The first-order valence-corrected chi connectivity index (χ1v) is 5.68. The monoisotopic (exact) mass is 198 g/mol. The Kier molecular flexibility index (Phi) is 3.05. The second-order valence-corrected chi connectivity index (χ2v) is 4.39. The van der Waals surface area contributed by atoms with E-state index in [9.17, 15) is 0 Å². The standard InChI is InChI=1S/C15H18/c1-12-6-3-4-9-15(12)13(2)7-5-8-14-10-11-14/h3-9,14H,10-11H2,1-2H3/b8-5-,13-7+. The molecule has 0 spiro atoms. The van der Waals surface area contributed by atoms with Gasteiger partial charge in [-0.2, -0.15) is 0 Å². The maximum Gasteiger partial charge on any atom is -0.0198 e. The largest absolute Gasteiger partial charge is 0.0814 e. The minimum atomic E-state index is 0.867. The summed E-state index contributed by atoms with van der Waals surface area (Å²) in [4.78, 5) is 0. The summed E-state index contributed by atoms with van der Waals surface area (Å²) in [5, 5.41) is 0. The van der Waals surface area contributed by atoms with E-state index >= 15 is 0 Å². The third-order valence-corrected chi connectivity index (χ3v) is 2.92. The Hall–Kier alpha value is -1.30. The summed E-state index contributed by atoms with van der Waals surface area (Å²) in [7, 11) is 0. The van der Waals surface area contributed by atoms with Gasteiger partial charge < -0.3 is 0 Å². The molecule has 2 rings (SSSR count). The molecule has 15 heavy (non-hydrogen) atoms. The van der Waals surface area contributed by atoms with Gasteiger partial charge in [0.1, 0.15) is 0 Å². The van der Waals surface area contributed by atoms with Crippen LogP contribution in [0, 0.1) is 12.8 Å².